The van der Waals surface area contributed by atoms with E-state index in [0.29, 0.717) is 24.9 Å². The lowest BCUT2D eigenvalue weighted by atomic mass is 9.94. The predicted octanol–water partition coefficient (Wildman–Crippen LogP) is 1.57. The van der Waals surface area contributed by atoms with Gasteiger partial charge in [0.25, 0.3) is 0 Å². The van der Waals surface area contributed by atoms with Gasteiger partial charge in [0.1, 0.15) is 0 Å². The molecule has 0 spiro atoms. The van der Waals surface area contributed by atoms with Crippen molar-refractivity contribution in [1.82, 2.24) is 14.4 Å². The molecule has 0 aliphatic carbocycles. The van der Waals surface area contributed by atoms with Crippen LogP contribution in [0.15, 0.2) is 4.52 Å². The van der Waals surface area contributed by atoms with E-state index in [4.69, 9.17) is 9.26 Å². The van der Waals surface area contributed by atoms with Crippen molar-refractivity contribution in [2.24, 2.45) is 5.92 Å². The Hall–Kier alpha value is -0.990. The van der Waals surface area contributed by atoms with Gasteiger partial charge in [0.2, 0.25) is 15.9 Å². The summed E-state index contributed by atoms with van der Waals surface area (Å²) in [6.07, 6.45) is 6.80. The van der Waals surface area contributed by atoms with E-state index in [-0.39, 0.29) is 0 Å². The van der Waals surface area contributed by atoms with Crippen LogP contribution in [-0.4, -0.2) is 55.4 Å². The molecule has 2 aliphatic heterocycles. The van der Waals surface area contributed by atoms with Gasteiger partial charge in [-0.25, -0.2) is 12.7 Å². The molecule has 0 bridgehead atoms. The van der Waals surface area contributed by atoms with Gasteiger partial charge in [0.05, 0.1) is 6.26 Å². The van der Waals surface area contributed by atoms with E-state index >= 15 is 0 Å². The first-order valence-electron chi connectivity index (χ1n) is 8.37. The summed E-state index contributed by atoms with van der Waals surface area (Å²) in [7, 11) is -3.08. The highest BCUT2D eigenvalue weighted by Crippen LogP contribution is 2.26. The maximum atomic E-state index is 11.7. The third-order valence-electron chi connectivity index (χ3n) is 4.78. The lowest BCUT2D eigenvalue weighted by molar-refractivity contribution is 0.0778. The second-order valence-electron chi connectivity index (χ2n) is 6.60. The average Bonchev–Trinajstić information content (AvgIpc) is 3.02. The van der Waals surface area contributed by atoms with Gasteiger partial charge in [-0.05, 0) is 38.0 Å². The maximum Gasteiger partial charge on any atom is 0.229 e. The van der Waals surface area contributed by atoms with Crippen molar-refractivity contribution in [2.75, 3.05) is 32.6 Å². The van der Waals surface area contributed by atoms with Crippen LogP contribution in [0, 0.1) is 5.92 Å². The van der Waals surface area contributed by atoms with Gasteiger partial charge < -0.3 is 9.26 Å². The number of piperidine rings is 1. The first-order chi connectivity index (χ1) is 11.0. The highest BCUT2D eigenvalue weighted by atomic mass is 32.2. The molecule has 2 saturated heterocycles. The van der Waals surface area contributed by atoms with Crippen LogP contribution in [0.5, 0.6) is 0 Å². The number of ether oxygens (including phenoxy) is 1. The molecule has 3 rings (SSSR count). The number of sulfonamides is 1. The third kappa shape index (κ3) is 4.51. The van der Waals surface area contributed by atoms with Gasteiger partial charge in [-0.3, -0.25) is 0 Å². The second-order valence-corrected chi connectivity index (χ2v) is 8.59. The van der Waals surface area contributed by atoms with Gasteiger partial charge in [0.15, 0.2) is 5.82 Å². The zero-order valence-corrected chi connectivity index (χ0v) is 14.4. The SMILES string of the molecule is CS(=O)(=O)N1CCCC(CCc2noc(C3CCOCC3)n2)C1. The minimum Gasteiger partial charge on any atom is -0.381 e. The standard InChI is InChI=1S/C15H25N3O4S/c1-23(19,20)18-8-2-3-12(11-18)4-5-14-16-15(22-17-14)13-6-9-21-10-7-13/h12-13H,2-11H2,1H3. The molecule has 8 heteroatoms. The fourth-order valence-corrected chi connectivity index (χ4v) is 4.32. The zero-order chi connectivity index (χ0) is 16.3. The van der Waals surface area contributed by atoms with Gasteiger partial charge in [-0.2, -0.15) is 4.98 Å². The van der Waals surface area contributed by atoms with E-state index in [1.165, 1.54) is 6.26 Å². The van der Waals surface area contributed by atoms with Crippen molar-refractivity contribution in [3.63, 3.8) is 0 Å². The van der Waals surface area contributed by atoms with E-state index in [1.54, 1.807) is 4.31 Å². The summed E-state index contributed by atoms with van der Waals surface area (Å²) in [5.41, 5.74) is 0. The third-order valence-corrected chi connectivity index (χ3v) is 6.05. The molecule has 7 nitrogen and oxygen atoms in total. The van der Waals surface area contributed by atoms with Crippen LogP contribution >= 0.6 is 0 Å². The molecule has 0 radical (unpaired) electrons. The molecule has 0 amide bonds. The molecular weight excluding hydrogens is 318 g/mol. The molecule has 2 aliphatic rings. The van der Waals surface area contributed by atoms with Crippen LogP contribution in [-0.2, 0) is 21.2 Å². The van der Waals surface area contributed by atoms with E-state index in [9.17, 15) is 8.42 Å². The Morgan fingerprint density at radius 3 is 2.78 bits per heavy atom. The molecule has 23 heavy (non-hydrogen) atoms. The molecule has 1 aromatic rings. The number of rotatable bonds is 5. The van der Waals surface area contributed by atoms with Crippen molar-refractivity contribution < 1.29 is 17.7 Å². The summed E-state index contributed by atoms with van der Waals surface area (Å²) in [5.74, 6) is 2.16. The molecule has 0 saturated carbocycles. The molecule has 1 unspecified atom stereocenters. The fourth-order valence-electron chi connectivity index (χ4n) is 3.38. The lowest BCUT2D eigenvalue weighted by Gasteiger charge is -2.30. The van der Waals surface area contributed by atoms with Crippen LogP contribution in [0.2, 0.25) is 0 Å². The van der Waals surface area contributed by atoms with Crippen molar-refractivity contribution in [3.05, 3.63) is 11.7 Å². The minimum atomic E-state index is -3.08. The fraction of sp³-hybridized carbons (Fsp3) is 0.867. The van der Waals surface area contributed by atoms with Crippen molar-refractivity contribution >= 4 is 10.0 Å². The minimum absolute atomic E-state index is 0.320. The highest BCUT2D eigenvalue weighted by molar-refractivity contribution is 7.88. The van der Waals surface area contributed by atoms with E-state index in [1.807, 2.05) is 0 Å². The van der Waals surface area contributed by atoms with Crippen LogP contribution in [0.25, 0.3) is 0 Å². The smallest absolute Gasteiger partial charge is 0.229 e. The molecule has 1 aromatic heterocycles. The first-order valence-corrected chi connectivity index (χ1v) is 10.2. The molecule has 2 fully saturated rings. The summed E-state index contributed by atoms with van der Waals surface area (Å²) in [6.45, 7) is 2.77. The summed E-state index contributed by atoms with van der Waals surface area (Å²) >= 11 is 0. The number of hydrogen-bond acceptors (Lipinski definition) is 6. The second kappa shape index (κ2) is 7.27. The average molecular weight is 343 g/mol. The molecular formula is C15H25N3O4S. The zero-order valence-electron chi connectivity index (χ0n) is 13.6. The Kier molecular flexibility index (Phi) is 5.33. The summed E-state index contributed by atoms with van der Waals surface area (Å²) in [6, 6.07) is 0. The van der Waals surface area contributed by atoms with Crippen molar-refractivity contribution in [1.29, 1.82) is 0 Å². The number of aromatic nitrogens is 2. The Morgan fingerprint density at radius 1 is 1.26 bits per heavy atom. The predicted molar refractivity (Wildman–Crippen MR) is 84.6 cm³/mol. The number of nitrogens with zero attached hydrogens (tertiary/aromatic N) is 3. The molecule has 0 aromatic carbocycles. The Morgan fingerprint density at radius 2 is 2.04 bits per heavy atom. The molecule has 1 atom stereocenters. The maximum absolute atomic E-state index is 11.7. The quantitative estimate of drug-likeness (QED) is 0.807. The Bertz CT molecular complexity index is 610. The largest absolute Gasteiger partial charge is 0.381 e. The normalized spacial score (nSPS) is 24.8. The van der Waals surface area contributed by atoms with Gasteiger partial charge in [-0.15, -0.1) is 0 Å². The summed E-state index contributed by atoms with van der Waals surface area (Å²) in [4.78, 5) is 4.52. The van der Waals surface area contributed by atoms with Crippen LogP contribution in [0.4, 0.5) is 0 Å². The summed E-state index contributed by atoms with van der Waals surface area (Å²) in [5, 5.41) is 4.08. The van der Waals surface area contributed by atoms with E-state index < -0.39 is 10.0 Å². The van der Waals surface area contributed by atoms with Gasteiger partial charge in [0, 0.05) is 38.6 Å². The number of aryl methyl sites for hydroxylation is 1. The summed E-state index contributed by atoms with van der Waals surface area (Å²) < 4.78 is 35.7. The van der Waals surface area contributed by atoms with Gasteiger partial charge >= 0.3 is 0 Å². The molecule has 3 heterocycles. The topological polar surface area (TPSA) is 85.5 Å². The molecule has 0 N–H and O–H groups in total. The first kappa shape index (κ1) is 16.9. The Labute approximate surface area is 137 Å². The lowest BCUT2D eigenvalue weighted by Crippen LogP contribution is -2.39. The number of hydrogen-bond donors (Lipinski definition) is 0. The van der Waals surface area contributed by atoms with E-state index in [0.717, 1.165) is 63.5 Å². The van der Waals surface area contributed by atoms with E-state index in [2.05, 4.69) is 10.1 Å². The van der Waals surface area contributed by atoms with Crippen LogP contribution in [0.3, 0.4) is 0 Å². The van der Waals surface area contributed by atoms with Crippen LogP contribution in [0.1, 0.15) is 49.7 Å². The van der Waals surface area contributed by atoms with Crippen LogP contribution < -0.4 is 0 Å². The highest BCUT2D eigenvalue weighted by Gasteiger charge is 2.26. The van der Waals surface area contributed by atoms with Crippen molar-refractivity contribution in [2.45, 2.75) is 44.4 Å². The molecule has 130 valence electrons. The van der Waals surface area contributed by atoms with Crippen molar-refractivity contribution in [3.8, 4) is 0 Å². The monoisotopic (exact) mass is 343 g/mol. The van der Waals surface area contributed by atoms with Gasteiger partial charge in [-0.1, -0.05) is 5.16 Å². The Balaban J connectivity index is 1.51.